The van der Waals surface area contributed by atoms with E-state index in [1.54, 1.807) is 24.3 Å². The van der Waals surface area contributed by atoms with Crippen LogP contribution in [0.4, 0.5) is 4.79 Å². The molecule has 0 aromatic heterocycles. The van der Waals surface area contributed by atoms with Gasteiger partial charge in [-0.1, -0.05) is 60.7 Å². The van der Waals surface area contributed by atoms with E-state index in [1.165, 1.54) is 7.11 Å². The number of carbonyl (C=O) groups excluding carboxylic acids is 1. The molecule has 3 aromatic rings. The lowest BCUT2D eigenvalue weighted by Crippen LogP contribution is -2.36. The van der Waals surface area contributed by atoms with Crippen molar-refractivity contribution >= 4 is 6.09 Å². The number of methoxy groups -OCH3 is 1. The van der Waals surface area contributed by atoms with Gasteiger partial charge in [0, 0.05) is 12.5 Å². The standard InChI is InChI=1S/C25H25NO5/c1-30-17-8-6-7-16(13-17)24(28)23(27)14-26-25(29)31-15-22-20-11-4-2-9-18(20)19-10-3-5-12-21(19)22/h2-13,22-24,27-28H,14-15H2,1H3,(H,26,29). The van der Waals surface area contributed by atoms with Gasteiger partial charge in [-0.25, -0.2) is 4.79 Å². The second-order valence-electron chi connectivity index (χ2n) is 7.50. The number of ether oxygens (including phenoxy) is 2. The van der Waals surface area contributed by atoms with Gasteiger partial charge in [-0.05, 0) is 39.9 Å². The number of nitrogens with one attached hydrogen (secondary N) is 1. The minimum absolute atomic E-state index is 0.0366. The van der Waals surface area contributed by atoms with E-state index in [2.05, 4.69) is 29.6 Å². The van der Waals surface area contributed by atoms with E-state index in [-0.39, 0.29) is 19.1 Å². The highest BCUT2D eigenvalue weighted by atomic mass is 16.5. The van der Waals surface area contributed by atoms with Crippen LogP contribution in [-0.2, 0) is 4.74 Å². The minimum Gasteiger partial charge on any atom is -0.497 e. The van der Waals surface area contributed by atoms with Gasteiger partial charge in [-0.2, -0.15) is 0 Å². The van der Waals surface area contributed by atoms with Crippen molar-refractivity contribution in [3.05, 3.63) is 89.5 Å². The van der Waals surface area contributed by atoms with Gasteiger partial charge in [0.15, 0.2) is 0 Å². The van der Waals surface area contributed by atoms with Crippen LogP contribution in [0.5, 0.6) is 5.75 Å². The molecule has 1 amide bonds. The van der Waals surface area contributed by atoms with Crippen molar-refractivity contribution in [2.45, 2.75) is 18.1 Å². The predicted octanol–water partition coefficient (Wildman–Crippen LogP) is 3.63. The Morgan fingerprint density at radius 2 is 1.61 bits per heavy atom. The van der Waals surface area contributed by atoms with Gasteiger partial charge < -0.3 is 25.0 Å². The van der Waals surface area contributed by atoms with Gasteiger partial charge in [-0.15, -0.1) is 0 Å². The number of alkyl carbamates (subject to hydrolysis) is 1. The van der Waals surface area contributed by atoms with Gasteiger partial charge in [0.2, 0.25) is 0 Å². The quantitative estimate of drug-likeness (QED) is 0.544. The summed E-state index contributed by atoms with van der Waals surface area (Å²) >= 11 is 0. The molecule has 0 saturated heterocycles. The topological polar surface area (TPSA) is 88.0 Å². The third-order valence-corrected chi connectivity index (χ3v) is 5.60. The van der Waals surface area contributed by atoms with Crippen molar-refractivity contribution in [1.29, 1.82) is 0 Å². The lowest BCUT2D eigenvalue weighted by molar-refractivity contribution is 0.0184. The Morgan fingerprint density at radius 1 is 0.968 bits per heavy atom. The Morgan fingerprint density at radius 3 is 2.26 bits per heavy atom. The molecule has 0 fully saturated rings. The number of fused-ring (bicyclic) bond motifs is 3. The molecule has 0 radical (unpaired) electrons. The van der Waals surface area contributed by atoms with Crippen LogP contribution in [0.3, 0.4) is 0 Å². The lowest BCUT2D eigenvalue weighted by atomic mass is 9.98. The second-order valence-corrected chi connectivity index (χ2v) is 7.50. The van der Waals surface area contributed by atoms with Crippen LogP contribution >= 0.6 is 0 Å². The second kappa shape index (κ2) is 9.20. The van der Waals surface area contributed by atoms with Crippen molar-refractivity contribution in [2.75, 3.05) is 20.3 Å². The van der Waals surface area contributed by atoms with Crippen molar-refractivity contribution in [2.24, 2.45) is 0 Å². The summed E-state index contributed by atoms with van der Waals surface area (Å²) < 4.78 is 10.6. The highest BCUT2D eigenvalue weighted by Gasteiger charge is 2.29. The molecule has 1 aliphatic carbocycles. The predicted molar refractivity (Wildman–Crippen MR) is 117 cm³/mol. The molecular weight excluding hydrogens is 394 g/mol. The van der Waals surface area contributed by atoms with Gasteiger partial charge in [-0.3, -0.25) is 0 Å². The normalized spacial score (nSPS) is 14.3. The molecule has 0 saturated carbocycles. The number of amides is 1. The number of rotatable bonds is 7. The van der Waals surface area contributed by atoms with E-state index in [4.69, 9.17) is 9.47 Å². The Balaban J connectivity index is 1.33. The van der Waals surface area contributed by atoms with Crippen LogP contribution in [-0.4, -0.2) is 42.7 Å². The first-order valence-corrected chi connectivity index (χ1v) is 10.2. The van der Waals surface area contributed by atoms with E-state index in [0.717, 1.165) is 22.3 Å². The molecule has 0 aliphatic heterocycles. The van der Waals surface area contributed by atoms with Crippen LogP contribution in [0, 0.1) is 0 Å². The molecule has 31 heavy (non-hydrogen) atoms. The fourth-order valence-electron chi connectivity index (χ4n) is 4.00. The van der Waals surface area contributed by atoms with Gasteiger partial charge >= 0.3 is 6.09 Å². The maximum Gasteiger partial charge on any atom is 0.407 e. The number of aliphatic hydroxyl groups is 2. The summed E-state index contributed by atoms with van der Waals surface area (Å²) in [6, 6.07) is 23.0. The van der Waals surface area contributed by atoms with Crippen LogP contribution in [0.1, 0.15) is 28.7 Å². The minimum atomic E-state index is -1.19. The van der Waals surface area contributed by atoms with Crippen LogP contribution in [0.15, 0.2) is 72.8 Å². The number of hydrogen-bond donors (Lipinski definition) is 3. The van der Waals surface area contributed by atoms with Crippen LogP contribution < -0.4 is 10.1 Å². The van der Waals surface area contributed by atoms with Gasteiger partial charge in [0.25, 0.3) is 0 Å². The van der Waals surface area contributed by atoms with Crippen molar-refractivity contribution in [1.82, 2.24) is 5.32 Å². The number of aliphatic hydroxyl groups excluding tert-OH is 2. The third kappa shape index (κ3) is 4.40. The molecule has 3 aromatic carbocycles. The highest BCUT2D eigenvalue weighted by Crippen LogP contribution is 2.44. The van der Waals surface area contributed by atoms with E-state index >= 15 is 0 Å². The number of carbonyl (C=O) groups is 1. The number of benzene rings is 3. The van der Waals surface area contributed by atoms with E-state index in [1.807, 2.05) is 24.3 Å². The van der Waals surface area contributed by atoms with Crippen LogP contribution in [0.25, 0.3) is 11.1 Å². The lowest BCUT2D eigenvalue weighted by Gasteiger charge is -2.19. The third-order valence-electron chi connectivity index (χ3n) is 5.60. The van der Waals surface area contributed by atoms with E-state index in [9.17, 15) is 15.0 Å². The maximum atomic E-state index is 12.2. The highest BCUT2D eigenvalue weighted by molar-refractivity contribution is 5.79. The van der Waals surface area contributed by atoms with Gasteiger partial charge in [0.05, 0.1) is 7.11 Å². The molecule has 2 unspecified atom stereocenters. The van der Waals surface area contributed by atoms with E-state index in [0.29, 0.717) is 11.3 Å². The monoisotopic (exact) mass is 419 g/mol. The molecule has 6 nitrogen and oxygen atoms in total. The summed E-state index contributed by atoms with van der Waals surface area (Å²) in [5.41, 5.74) is 5.07. The Hall–Kier alpha value is -3.35. The first kappa shape index (κ1) is 20.9. The molecule has 4 rings (SSSR count). The molecule has 1 aliphatic rings. The first-order chi connectivity index (χ1) is 15.1. The maximum absolute atomic E-state index is 12.2. The Labute approximate surface area is 181 Å². The molecular formula is C25H25NO5. The summed E-state index contributed by atoms with van der Waals surface area (Å²) in [5.74, 6) is 0.540. The van der Waals surface area contributed by atoms with Crippen LogP contribution in [0.2, 0.25) is 0 Å². The largest absolute Gasteiger partial charge is 0.497 e. The molecule has 6 heteroatoms. The average Bonchev–Trinajstić information content (AvgIpc) is 3.14. The molecule has 0 spiro atoms. The molecule has 0 heterocycles. The zero-order valence-electron chi connectivity index (χ0n) is 17.2. The fraction of sp³-hybridized carbons (Fsp3) is 0.240. The molecule has 0 bridgehead atoms. The van der Waals surface area contributed by atoms with Crippen molar-refractivity contribution < 1.29 is 24.5 Å². The van der Waals surface area contributed by atoms with Gasteiger partial charge in [0.1, 0.15) is 24.6 Å². The Kier molecular flexibility index (Phi) is 6.21. The van der Waals surface area contributed by atoms with E-state index < -0.39 is 18.3 Å². The number of hydrogen-bond acceptors (Lipinski definition) is 5. The molecule has 160 valence electrons. The summed E-state index contributed by atoms with van der Waals surface area (Å²) in [6.45, 7) is 0.0451. The summed E-state index contributed by atoms with van der Waals surface area (Å²) in [5, 5.41) is 23.1. The SMILES string of the molecule is COc1cccc(C(O)C(O)CNC(=O)OCC2c3ccccc3-c3ccccc32)c1. The first-order valence-electron chi connectivity index (χ1n) is 10.2. The smallest absolute Gasteiger partial charge is 0.407 e. The van der Waals surface area contributed by atoms with Crippen molar-refractivity contribution in [3.63, 3.8) is 0 Å². The fourth-order valence-corrected chi connectivity index (χ4v) is 4.00. The molecule has 3 N–H and O–H groups in total. The van der Waals surface area contributed by atoms with Crippen molar-refractivity contribution in [3.8, 4) is 16.9 Å². The summed E-state index contributed by atoms with van der Waals surface area (Å²) in [4.78, 5) is 12.2. The Bertz CT molecular complexity index is 1020. The summed E-state index contributed by atoms with van der Waals surface area (Å²) in [6.07, 6.45) is -2.99. The zero-order chi connectivity index (χ0) is 21.8. The zero-order valence-corrected chi connectivity index (χ0v) is 17.2. The average molecular weight is 419 g/mol. The molecule has 2 atom stereocenters. The summed E-state index contributed by atoms with van der Waals surface area (Å²) in [7, 11) is 1.53.